The molecule has 0 aliphatic heterocycles. The van der Waals surface area contributed by atoms with Crippen LogP contribution in [0.5, 0.6) is 0 Å². The first-order valence-corrected chi connectivity index (χ1v) is 4.86. The van der Waals surface area contributed by atoms with Crippen LogP contribution in [0.25, 0.3) is 10.9 Å². The zero-order valence-electron chi connectivity index (χ0n) is 8.29. The highest BCUT2D eigenvalue weighted by molar-refractivity contribution is 6.32. The third-order valence-corrected chi connectivity index (χ3v) is 2.49. The third kappa shape index (κ3) is 1.72. The molecule has 0 unspecified atom stereocenters. The molecular formula is C11H7ClFNO2. The molecule has 1 heterocycles. The van der Waals surface area contributed by atoms with Crippen LogP contribution in [0, 0.1) is 12.7 Å². The number of carboxylic acid groups (broad SMARTS) is 1. The molecule has 5 heteroatoms. The van der Waals surface area contributed by atoms with Crippen LogP contribution in [0.2, 0.25) is 5.15 Å². The number of carboxylic acids is 1. The minimum atomic E-state index is -1.18. The molecule has 0 aliphatic carbocycles. The van der Waals surface area contributed by atoms with Crippen molar-refractivity contribution in [2.75, 3.05) is 0 Å². The molecule has 0 saturated heterocycles. The van der Waals surface area contributed by atoms with Crippen LogP contribution in [-0.4, -0.2) is 16.1 Å². The SMILES string of the molecule is Cc1cc(F)c2nc(Cl)c(C(=O)O)cc2c1. The second-order valence-electron chi connectivity index (χ2n) is 3.45. The van der Waals surface area contributed by atoms with Crippen LogP contribution in [0.15, 0.2) is 18.2 Å². The average molecular weight is 240 g/mol. The van der Waals surface area contributed by atoms with E-state index in [1.54, 1.807) is 13.0 Å². The van der Waals surface area contributed by atoms with E-state index in [0.29, 0.717) is 10.9 Å². The molecule has 0 fully saturated rings. The van der Waals surface area contributed by atoms with Crippen molar-refractivity contribution in [3.05, 3.63) is 40.3 Å². The van der Waals surface area contributed by atoms with E-state index in [4.69, 9.17) is 16.7 Å². The van der Waals surface area contributed by atoms with E-state index in [-0.39, 0.29) is 16.2 Å². The number of hydrogen-bond donors (Lipinski definition) is 1. The van der Waals surface area contributed by atoms with Gasteiger partial charge in [-0.1, -0.05) is 11.6 Å². The van der Waals surface area contributed by atoms with Crippen molar-refractivity contribution in [2.45, 2.75) is 6.92 Å². The molecule has 3 nitrogen and oxygen atoms in total. The van der Waals surface area contributed by atoms with E-state index >= 15 is 0 Å². The molecule has 2 rings (SSSR count). The van der Waals surface area contributed by atoms with Gasteiger partial charge in [0.2, 0.25) is 0 Å². The Balaban J connectivity index is 2.84. The van der Waals surface area contributed by atoms with Gasteiger partial charge < -0.3 is 5.11 Å². The van der Waals surface area contributed by atoms with Crippen molar-refractivity contribution in [1.82, 2.24) is 4.98 Å². The summed E-state index contributed by atoms with van der Waals surface area (Å²) >= 11 is 5.65. The minimum Gasteiger partial charge on any atom is -0.478 e. The highest BCUT2D eigenvalue weighted by Crippen LogP contribution is 2.23. The molecule has 0 saturated carbocycles. The topological polar surface area (TPSA) is 50.2 Å². The van der Waals surface area contributed by atoms with Crippen molar-refractivity contribution in [3.8, 4) is 0 Å². The molecule has 1 aromatic heterocycles. The van der Waals surface area contributed by atoms with Crippen molar-refractivity contribution >= 4 is 28.5 Å². The highest BCUT2D eigenvalue weighted by atomic mass is 35.5. The number of aryl methyl sites for hydroxylation is 1. The minimum absolute atomic E-state index is 0.0839. The summed E-state index contributed by atoms with van der Waals surface area (Å²) in [4.78, 5) is 14.6. The van der Waals surface area contributed by atoms with Gasteiger partial charge in [-0.25, -0.2) is 14.2 Å². The Labute approximate surface area is 95.5 Å². The van der Waals surface area contributed by atoms with Crippen molar-refractivity contribution in [1.29, 1.82) is 0 Å². The fourth-order valence-corrected chi connectivity index (χ4v) is 1.73. The molecule has 0 amide bonds. The molecule has 2 aromatic rings. The van der Waals surface area contributed by atoms with Crippen molar-refractivity contribution in [2.24, 2.45) is 0 Å². The van der Waals surface area contributed by atoms with Gasteiger partial charge >= 0.3 is 5.97 Å². The van der Waals surface area contributed by atoms with Gasteiger partial charge in [-0.3, -0.25) is 0 Å². The van der Waals surface area contributed by atoms with Crippen LogP contribution in [-0.2, 0) is 0 Å². The van der Waals surface area contributed by atoms with Crippen molar-refractivity contribution < 1.29 is 14.3 Å². The second kappa shape index (κ2) is 3.72. The lowest BCUT2D eigenvalue weighted by atomic mass is 10.1. The van der Waals surface area contributed by atoms with E-state index in [2.05, 4.69) is 4.98 Å². The molecule has 1 aromatic carbocycles. The number of aromatic nitrogens is 1. The lowest BCUT2D eigenvalue weighted by Crippen LogP contribution is -2.00. The monoisotopic (exact) mass is 239 g/mol. The predicted molar refractivity (Wildman–Crippen MR) is 58.4 cm³/mol. The first-order valence-electron chi connectivity index (χ1n) is 4.48. The summed E-state index contributed by atoms with van der Waals surface area (Å²) in [6.45, 7) is 1.72. The fourth-order valence-electron chi connectivity index (χ4n) is 1.51. The van der Waals surface area contributed by atoms with Gasteiger partial charge in [0.25, 0.3) is 0 Å². The van der Waals surface area contributed by atoms with E-state index < -0.39 is 11.8 Å². The molecule has 0 aliphatic rings. The van der Waals surface area contributed by atoms with Crippen LogP contribution in [0.4, 0.5) is 4.39 Å². The maximum atomic E-state index is 13.5. The Morgan fingerprint density at radius 1 is 1.44 bits per heavy atom. The largest absolute Gasteiger partial charge is 0.478 e. The summed E-state index contributed by atoms with van der Waals surface area (Å²) in [6.07, 6.45) is 0. The molecule has 0 radical (unpaired) electrons. The first kappa shape index (κ1) is 10.8. The van der Waals surface area contributed by atoms with Gasteiger partial charge in [-0.2, -0.15) is 0 Å². The Morgan fingerprint density at radius 2 is 2.12 bits per heavy atom. The predicted octanol–water partition coefficient (Wildman–Crippen LogP) is 3.03. The third-order valence-electron chi connectivity index (χ3n) is 2.20. The van der Waals surface area contributed by atoms with Crippen LogP contribution in [0.1, 0.15) is 15.9 Å². The molecule has 0 atom stereocenters. The van der Waals surface area contributed by atoms with Gasteiger partial charge in [-0.15, -0.1) is 0 Å². The van der Waals surface area contributed by atoms with Gasteiger partial charge in [-0.05, 0) is 30.7 Å². The summed E-state index contributed by atoms with van der Waals surface area (Å²) in [5, 5.41) is 9.07. The number of benzene rings is 1. The summed E-state index contributed by atoms with van der Waals surface area (Å²) in [7, 11) is 0. The molecule has 1 N–H and O–H groups in total. The zero-order chi connectivity index (χ0) is 11.9. The molecular weight excluding hydrogens is 233 g/mol. The van der Waals surface area contributed by atoms with Gasteiger partial charge in [0.15, 0.2) is 0 Å². The lowest BCUT2D eigenvalue weighted by Gasteiger charge is -2.04. The quantitative estimate of drug-likeness (QED) is 0.778. The Morgan fingerprint density at radius 3 is 2.75 bits per heavy atom. The number of pyridine rings is 1. The summed E-state index contributed by atoms with van der Waals surface area (Å²) in [5.74, 6) is -1.69. The number of rotatable bonds is 1. The summed E-state index contributed by atoms with van der Waals surface area (Å²) in [6, 6.07) is 4.31. The van der Waals surface area contributed by atoms with E-state index in [0.717, 1.165) is 0 Å². The maximum Gasteiger partial charge on any atom is 0.338 e. The molecule has 16 heavy (non-hydrogen) atoms. The summed E-state index contributed by atoms with van der Waals surface area (Å²) < 4.78 is 13.5. The van der Waals surface area contributed by atoms with Crippen molar-refractivity contribution in [3.63, 3.8) is 0 Å². The van der Waals surface area contributed by atoms with Gasteiger partial charge in [0.05, 0.1) is 5.56 Å². The van der Waals surface area contributed by atoms with Crippen LogP contribution in [0.3, 0.4) is 0 Å². The lowest BCUT2D eigenvalue weighted by molar-refractivity contribution is 0.0697. The number of halogens is 2. The number of fused-ring (bicyclic) bond motifs is 1. The zero-order valence-corrected chi connectivity index (χ0v) is 9.05. The van der Waals surface area contributed by atoms with Crippen LogP contribution >= 0.6 is 11.6 Å². The Hall–Kier alpha value is -1.68. The smallest absolute Gasteiger partial charge is 0.338 e. The second-order valence-corrected chi connectivity index (χ2v) is 3.81. The molecule has 82 valence electrons. The molecule has 0 spiro atoms. The standard InChI is InChI=1S/C11H7ClFNO2/c1-5-2-6-4-7(11(15)16)10(12)14-9(6)8(13)3-5/h2-4H,1H3,(H,15,16). The Bertz CT molecular complexity index is 598. The normalized spacial score (nSPS) is 10.7. The number of aromatic carboxylic acids is 1. The number of carbonyl (C=O) groups is 1. The number of nitrogens with zero attached hydrogens (tertiary/aromatic N) is 1. The van der Waals surface area contributed by atoms with Gasteiger partial charge in [0, 0.05) is 5.39 Å². The number of hydrogen-bond acceptors (Lipinski definition) is 2. The van der Waals surface area contributed by atoms with E-state index in [1.807, 2.05) is 0 Å². The first-order chi connectivity index (χ1) is 7.49. The van der Waals surface area contributed by atoms with Crippen LogP contribution < -0.4 is 0 Å². The van der Waals surface area contributed by atoms with Gasteiger partial charge in [0.1, 0.15) is 16.5 Å². The average Bonchev–Trinajstić information content (AvgIpc) is 2.18. The summed E-state index contributed by atoms with van der Waals surface area (Å²) in [5.41, 5.74) is 0.658. The highest BCUT2D eigenvalue weighted by Gasteiger charge is 2.13. The fraction of sp³-hybridized carbons (Fsp3) is 0.0909. The van der Waals surface area contributed by atoms with E-state index in [1.165, 1.54) is 12.1 Å². The molecule has 0 bridgehead atoms. The maximum absolute atomic E-state index is 13.5. The van der Waals surface area contributed by atoms with E-state index in [9.17, 15) is 9.18 Å². The Kier molecular flexibility index (Phi) is 2.52.